The molecule has 2 aliphatic carbocycles. The van der Waals surface area contributed by atoms with Gasteiger partial charge in [-0.25, -0.2) is 4.79 Å². The Balaban J connectivity index is 1.52. The van der Waals surface area contributed by atoms with Crippen LogP contribution in [0.25, 0.3) is 11.1 Å². The number of rotatable bonds is 6. The van der Waals surface area contributed by atoms with Crippen molar-refractivity contribution in [3.63, 3.8) is 0 Å². The maximum atomic E-state index is 13.6. The van der Waals surface area contributed by atoms with Crippen molar-refractivity contribution >= 4 is 17.2 Å². The van der Waals surface area contributed by atoms with Gasteiger partial charge in [0.2, 0.25) is 0 Å². The molecule has 0 spiro atoms. The lowest BCUT2D eigenvalue weighted by Crippen LogP contribution is -2.35. The maximum Gasteiger partial charge on any atom is 0.416 e. The summed E-state index contributed by atoms with van der Waals surface area (Å²) in [4.78, 5) is 14.6. The number of alkyl halides is 6. The van der Waals surface area contributed by atoms with Crippen molar-refractivity contribution in [1.29, 1.82) is 0 Å². The lowest BCUT2D eigenvalue weighted by Gasteiger charge is -2.36. The van der Waals surface area contributed by atoms with Crippen molar-refractivity contribution in [2.45, 2.75) is 90.2 Å². The van der Waals surface area contributed by atoms with E-state index in [9.17, 15) is 31.1 Å². The van der Waals surface area contributed by atoms with Crippen LogP contribution in [0.2, 0.25) is 0 Å². The van der Waals surface area contributed by atoms with E-state index in [1.165, 1.54) is 16.9 Å². The number of nitrogens with zero attached hydrogens (tertiary/aromatic N) is 1. The highest BCUT2D eigenvalue weighted by atomic mass is 19.4. The molecule has 1 saturated heterocycles. The number of carbonyl (C=O) groups is 1. The molecule has 0 aromatic heterocycles. The number of carbonyl (C=O) groups excluding carboxylic acids is 1. The molecule has 0 saturated carbocycles. The average Bonchev–Trinajstić information content (AvgIpc) is 3.24. The second kappa shape index (κ2) is 11.8. The number of halogens is 6. The van der Waals surface area contributed by atoms with Gasteiger partial charge in [0, 0.05) is 12.1 Å². The zero-order chi connectivity index (χ0) is 32.0. The molecule has 0 bridgehead atoms. The fourth-order valence-corrected chi connectivity index (χ4v) is 6.64. The summed E-state index contributed by atoms with van der Waals surface area (Å²) in [6.07, 6.45) is -3.22. The van der Waals surface area contributed by atoms with Gasteiger partial charge in [-0.1, -0.05) is 26.0 Å². The van der Waals surface area contributed by atoms with Crippen LogP contribution in [-0.4, -0.2) is 30.7 Å². The predicted octanol–water partition coefficient (Wildman–Crippen LogP) is 10.2. The van der Waals surface area contributed by atoms with Crippen LogP contribution in [0, 0.1) is 5.41 Å². The molecule has 2 aromatic rings. The lowest BCUT2D eigenvalue weighted by atomic mass is 9.72. The number of hydrogen-bond acceptors (Lipinski definition) is 3. The van der Waals surface area contributed by atoms with E-state index in [1.54, 1.807) is 14.0 Å². The number of methoxy groups -OCH3 is 1. The molecule has 1 amide bonds. The molecule has 0 radical (unpaired) electrons. The fraction of sp³-hybridized carbons (Fsp3) is 0.500. The van der Waals surface area contributed by atoms with E-state index in [-0.39, 0.29) is 23.6 Å². The summed E-state index contributed by atoms with van der Waals surface area (Å²) in [6, 6.07) is 6.69. The van der Waals surface area contributed by atoms with Gasteiger partial charge in [0.25, 0.3) is 0 Å². The molecule has 0 unspecified atom stereocenters. The molecule has 4 nitrogen and oxygen atoms in total. The second-order valence-corrected chi connectivity index (χ2v) is 12.8. The number of cyclic esters (lactones) is 1. The van der Waals surface area contributed by atoms with E-state index in [0.29, 0.717) is 24.3 Å². The molecule has 2 aromatic carbocycles. The minimum Gasteiger partial charge on any atom is -0.496 e. The second-order valence-electron chi connectivity index (χ2n) is 12.8. The van der Waals surface area contributed by atoms with Crippen LogP contribution in [0.4, 0.5) is 31.1 Å². The quantitative estimate of drug-likeness (QED) is 0.301. The lowest BCUT2D eigenvalue weighted by molar-refractivity contribution is -0.143. The number of amides is 1. The van der Waals surface area contributed by atoms with Gasteiger partial charge in [-0.2, -0.15) is 26.3 Å². The summed E-state index contributed by atoms with van der Waals surface area (Å²) in [7, 11) is 1.61. The first kappa shape index (κ1) is 32.0. The molecule has 1 heterocycles. The smallest absolute Gasteiger partial charge is 0.416 e. The molecule has 5 rings (SSSR count). The monoisotopic (exact) mass is 621 g/mol. The summed E-state index contributed by atoms with van der Waals surface area (Å²) in [6.45, 7) is 6.00. The molecule has 0 N–H and O–H groups in total. The summed E-state index contributed by atoms with van der Waals surface area (Å²) in [5, 5.41) is 0. The van der Waals surface area contributed by atoms with E-state index < -0.39 is 41.7 Å². The number of hydrogen-bond donors (Lipinski definition) is 0. The van der Waals surface area contributed by atoms with Crippen LogP contribution in [0.1, 0.15) is 99.6 Å². The van der Waals surface area contributed by atoms with Crippen molar-refractivity contribution in [3.8, 4) is 5.75 Å². The molecule has 2 atom stereocenters. The van der Waals surface area contributed by atoms with Gasteiger partial charge in [-0.3, -0.25) is 4.90 Å². The van der Waals surface area contributed by atoms with Crippen molar-refractivity contribution in [2.75, 3.05) is 13.7 Å². The first-order chi connectivity index (χ1) is 20.6. The number of ether oxygens (including phenoxy) is 2. The summed E-state index contributed by atoms with van der Waals surface area (Å²) >= 11 is 0. The predicted molar refractivity (Wildman–Crippen MR) is 156 cm³/mol. The van der Waals surface area contributed by atoms with Crippen molar-refractivity contribution in [1.82, 2.24) is 4.90 Å². The molecule has 238 valence electrons. The topological polar surface area (TPSA) is 38.8 Å². The first-order valence-electron chi connectivity index (χ1n) is 14.9. The Morgan fingerprint density at radius 1 is 0.977 bits per heavy atom. The maximum absolute atomic E-state index is 13.6. The molecule has 44 heavy (non-hydrogen) atoms. The molecule has 1 aliphatic heterocycles. The molecular weight excluding hydrogens is 584 g/mol. The minimum atomic E-state index is -5.00. The Bertz CT molecular complexity index is 1450. The summed E-state index contributed by atoms with van der Waals surface area (Å²) in [5.74, 6) is 0.705. The number of benzene rings is 2. The standard InChI is InChI=1S/C34H37F6NO3/c1-20-30(23-14-25(33(35,36)37)17-26(15-23)34(38,39)40)44-31(42)41(20)19-24-18-32(2,3)13-12-27(24)28-16-22(10-11-29(28)43-4)21-8-6-5-7-9-21/h8,10-11,14-17,20,30H,5-7,9,12-13,18-19H2,1-4H3/t20-,30-/m0/s1. The van der Waals surface area contributed by atoms with Crippen LogP contribution in [0.5, 0.6) is 5.75 Å². The Kier molecular flexibility index (Phi) is 8.59. The van der Waals surface area contributed by atoms with Crippen LogP contribution < -0.4 is 4.74 Å². The minimum absolute atomic E-state index is 0.0782. The highest BCUT2D eigenvalue weighted by Gasteiger charge is 2.44. The van der Waals surface area contributed by atoms with Crippen molar-refractivity contribution in [2.24, 2.45) is 5.41 Å². The van der Waals surface area contributed by atoms with Gasteiger partial charge < -0.3 is 9.47 Å². The fourth-order valence-electron chi connectivity index (χ4n) is 6.64. The molecule has 1 fully saturated rings. The third-order valence-electron chi connectivity index (χ3n) is 9.05. The van der Waals surface area contributed by atoms with Crippen LogP contribution in [-0.2, 0) is 17.1 Å². The first-order valence-corrected chi connectivity index (χ1v) is 14.9. The highest BCUT2D eigenvalue weighted by molar-refractivity contribution is 5.79. The molecule has 10 heteroatoms. The van der Waals surface area contributed by atoms with Gasteiger partial charge in [0.15, 0.2) is 0 Å². The van der Waals surface area contributed by atoms with Gasteiger partial charge in [-0.15, -0.1) is 0 Å². The average molecular weight is 622 g/mol. The van der Waals surface area contributed by atoms with Gasteiger partial charge in [0.1, 0.15) is 11.9 Å². The SMILES string of the molecule is COc1ccc(C2=CCCCC2)cc1C1=C(CN2C(=O)O[C@H](c3cc(C(F)(F)F)cc(C(F)(F)F)c3)[C@@H]2C)CC(C)(C)CC1. The number of allylic oxidation sites excluding steroid dienone is 3. The normalized spacial score (nSPS) is 22.6. The van der Waals surface area contributed by atoms with Gasteiger partial charge in [-0.05, 0) is 115 Å². The van der Waals surface area contributed by atoms with E-state index in [1.807, 2.05) is 6.07 Å². The van der Waals surface area contributed by atoms with Crippen molar-refractivity contribution in [3.05, 3.63) is 75.9 Å². The van der Waals surface area contributed by atoms with Gasteiger partial charge in [0.05, 0.1) is 24.3 Å². The molecule has 3 aliphatic rings. The third-order valence-corrected chi connectivity index (χ3v) is 9.05. The summed E-state index contributed by atoms with van der Waals surface area (Å²) in [5.41, 5.74) is 2.06. The van der Waals surface area contributed by atoms with Gasteiger partial charge >= 0.3 is 18.4 Å². The third kappa shape index (κ3) is 6.64. The Hall–Kier alpha value is -3.43. The Morgan fingerprint density at radius 3 is 2.25 bits per heavy atom. The van der Waals surface area contributed by atoms with Crippen LogP contribution >= 0.6 is 0 Å². The largest absolute Gasteiger partial charge is 0.496 e. The highest BCUT2D eigenvalue weighted by Crippen LogP contribution is 2.47. The Labute approximate surface area is 253 Å². The van der Waals surface area contributed by atoms with Crippen molar-refractivity contribution < 1.29 is 40.6 Å². The van der Waals surface area contributed by atoms with E-state index >= 15 is 0 Å². The van der Waals surface area contributed by atoms with E-state index in [4.69, 9.17) is 9.47 Å². The zero-order valence-electron chi connectivity index (χ0n) is 25.3. The van der Waals surface area contributed by atoms with Crippen LogP contribution in [0.15, 0.2) is 48.0 Å². The zero-order valence-corrected chi connectivity index (χ0v) is 25.3. The van der Waals surface area contributed by atoms with E-state index in [0.717, 1.165) is 54.4 Å². The molecular formula is C34H37F6NO3. The van der Waals surface area contributed by atoms with Crippen LogP contribution in [0.3, 0.4) is 0 Å². The Morgan fingerprint density at radius 2 is 1.66 bits per heavy atom. The summed E-state index contributed by atoms with van der Waals surface area (Å²) < 4.78 is 92.6. The van der Waals surface area contributed by atoms with E-state index in [2.05, 4.69) is 32.1 Å².